The number of aromatic nitrogens is 2. The van der Waals surface area contributed by atoms with Crippen molar-refractivity contribution in [3.05, 3.63) is 67.4 Å². The summed E-state index contributed by atoms with van der Waals surface area (Å²) in [7, 11) is 0. The number of rotatable bonds is 2. The van der Waals surface area contributed by atoms with Crippen LogP contribution in [0.25, 0.3) is 0 Å². The fourth-order valence-electron chi connectivity index (χ4n) is 1.55. The van der Waals surface area contributed by atoms with Crippen LogP contribution in [0.2, 0.25) is 5.02 Å². The van der Waals surface area contributed by atoms with Gasteiger partial charge in [-0.15, -0.1) is 0 Å². The summed E-state index contributed by atoms with van der Waals surface area (Å²) in [6.07, 6.45) is 1.26. The van der Waals surface area contributed by atoms with Gasteiger partial charge in [0, 0.05) is 6.20 Å². The first kappa shape index (κ1) is 12.1. The number of aromatic amines is 1. The van der Waals surface area contributed by atoms with Gasteiger partial charge in [-0.1, -0.05) is 29.8 Å². The molecule has 0 fully saturated rings. The van der Waals surface area contributed by atoms with Gasteiger partial charge in [0.1, 0.15) is 5.02 Å². The Bertz CT molecular complexity index is 740. The van der Waals surface area contributed by atoms with Gasteiger partial charge in [0.15, 0.2) is 0 Å². The van der Waals surface area contributed by atoms with Crippen molar-refractivity contribution in [3.8, 4) is 6.07 Å². The molecule has 0 aliphatic rings. The molecule has 18 heavy (non-hydrogen) atoms. The predicted molar refractivity (Wildman–Crippen MR) is 66.6 cm³/mol. The summed E-state index contributed by atoms with van der Waals surface area (Å²) in [6.45, 7) is 0.180. The van der Waals surface area contributed by atoms with Gasteiger partial charge in [0.2, 0.25) is 0 Å². The van der Waals surface area contributed by atoms with E-state index >= 15 is 0 Å². The summed E-state index contributed by atoms with van der Waals surface area (Å²) < 4.78 is 1.25. The van der Waals surface area contributed by atoms with Gasteiger partial charge in [-0.05, 0) is 11.6 Å². The Hall–Kier alpha value is -2.32. The molecule has 1 aromatic heterocycles. The second kappa shape index (κ2) is 4.90. The maximum Gasteiger partial charge on any atom is 0.328 e. The third-order valence-corrected chi connectivity index (χ3v) is 2.72. The van der Waals surface area contributed by atoms with E-state index in [4.69, 9.17) is 16.9 Å². The van der Waals surface area contributed by atoms with Gasteiger partial charge >= 0.3 is 5.69 Å². The first-order valence-corrected chi connectivity index (χ1v) is 5.47. The second-order valence-corrected chi connectivity index (χ2v) is 4.04. The number of hydrogen-bond acceptors (Lipinski definition) is 3. The van der Waals surface area contributed by atoms with Crippen LogP contribution in [-0.2, 0) is 6.54 Å². The van der Waals surface area contributed by atoms with Crippen molar-refractivity contribution < 1.29 is 0 Å². The molecule has 90 valence electrons. The van der Waals surface area contributed by atoms with Crippen LogP contribution in [-0.4, -0.2) is 9.55 Å². The van der Waals surface area contributed by atoms with Gasteiger partial charge in [-0.25, -0.2) is 4.79 Å². The zero-order chi connectivity index (χ0) is 13.1. The maximum absolute atomic E-state index is 11.6. The van der Waals surface area contributed by atoms with Crippen LogP contribution in [0.5, 0.6) is 0 Å². The van der Waals surface area contributed by atoms with Gasteiger partial charge in [-0.3, -0.25) is 14.3 Å². The Labute approximate surface area is 107 Å². The third-order valence-electron chi connectivity index (χ3n) is 2.45. The number of halogens is 1. The summed E-state index contributed by atoms with van der Waals surface area (Å²) >= 11 is 5.66. The Morgan fingerprint density at radius 1 is 1.33 bits per heavy atom. The molecule has 0 bridgehead atoms. The molecule has 0 amide bonds. The lowest BCUT2D eigenvalue weighted by molar-refractivity contribution is 0.719. The smallest absolute Gasteiger partial charge is 0.295 e. The van der Waals surface area contributed by atoms with Crippen molar-refractivity contribution in [2.75, 3.05) is 0 Å². The van der Waals surface area contributed by atoms with Crippen LogP contribution in [0.3, 0.4) is 0 Å². The highest BCUT2D eigenvalue weighted by atomic mass is 35.5. The first-order valence-electron chi connectivity index (χ1n) is 5.09. The van der Waals surface area contributed by atoms with E-state index in [9.17, 15) is 9.59 Å². The van der Waals surface area contributed by atoms with E-state index in [2.05, 4.69) is 4.98 Å². The SMILES string of the molecule is N#Cc1ccccc1Cn1cc(Cl)c(=O)[nH]c1=O. The average molecular weight is 262 g/mol. The lowest BCUT2D eigenvalue weighted by Crippen LogP contribution is -2.30. The topological polar surface area (TPSA) is 78.7 Å². The summed E-state index contributed by atoms with van der Waals surface area (Å²) in [4.78, 5) is 24.8. The van der Waals surface area contributed by atoms with E-state index < -0.39 is 11.2 Å². The van der Waals surface area contributed by atoms with Gasteiger partial charge in [0.05, 0.1) is 18.2 Å². The molecule has 0 radical (unpaired) electrons. The Morgan fingerprint density at radius 3 is 2.78 bits per heavy atom. The van der Waals surface area contributed by atoms with Crippen molar-refractivity contribution in [1.82, 2.24) is 9.55 Å². The van der Waals surface area contributed by atoms with E-state index in [1.54, 1.807) is 24.3 Å². The molecular weight excluding hydrogens is 254 g/mol. The second-order valence-electron chi connectivity index (χ2n) is 3.63. The van der Waals surface area contributed by atoms with Crippen LogP contribution in [0, 0.1) is 11.3 Å². The molecule has 1 aromatic carbocycles. The molecule has 1 N–H and O–H groups in total. The number of H-pyrrole nitrogens is 1. The lowest BCUT2D eigenvalue weighted by atomic mass is 10.1. The Morgan fingerprint density at radius 2 is 2.06 bits per heavy atom. The first-order chi connectivity index (χ1) is 8.61. The minimum absolute atomic E-state index is 0.0657. The summed E-state index contributed by atoms with van der Waals surface area (Å²) in [5, 5.41) is 8.88. The van der Waals surface area contributed by atoms with Crippen LogP contribution >= 0.6 is 11.6 Å². The predicted octanol–water partition coefficient (Wildman–Crippen LogP) is 1.11. The molecule has 0 aliphatic heterocycles. The van der Waals surface area contributed by atoms with E-state index in [1.807, 2.05) is 6.07 Å². The minimum Gasteiger partial charge on any atom is -0.295 e. The summed E-state index contributed by atoms with van der Waals surface area (Å²) in [6, 6.07) is 8.95. The number of nitriles is 1. The molecule has 0 spiro atoms. The molecular formula is C12H8ClN3O2. The molecule has 0 atom stereocenters. The van der Waals surface area contributed by atoms with Crippen molar-refractivity contribution in [3.63, 3.8) is 0 Å². The largest absolute Gasteiger partial charge is 0.328 e. The van der Waals surface area contributed by atoms with Crippen LogP contribution in [0.15, 0.2) is 40.1 Å². The number of benzene rings is 1. The molecule has 2 aromatic rings. The molecule has 1 heterocycles. The summed E-state index contributed by atoms with van der Waals surface area (Å²) in [5.41, 5.74) is -0.0134. The Balaban J connectivity index is 2.47. The van der Waals surface area contributed by atoms with E-state index in [-0.39, 0.29) is 11.6 Å². The van der Waals surface area contributed by atoms with Crippen molar-refractivity contribution in [2.45, 2.75) is 6.54 Å². The molecule has 0 unspecified atom stereocenters. The van der Waals surface area contributed by atoms with E-state index in [0.29, 0.717) is 11.1 Å². The lowest BCUT2D eigenvalue weighted by Gasteiger charge is -2.06. The number of nitrogens with one attached hydrogen (secondary N) is 1. The maximum atomic E-state index is 11.6. The highest BCUT2D eigenvalue weighted by Gasteiger charge is 2.06. The van der Waals surface area contributed by atoms with E-state index in [0.717, 1.165) is 0 Å². The fourth-order valence-corrected chi connectivity index (χ4v) is 1.72. The molecule has 0 aliphatic carbocycles. The monoisotopic (exact) mass is 261 g/mol. The third kappa shape index (κ3) is 2.34. The normalized spacial score (nSPS) is 10.0. The molecule has 2 rings (SSSR count). The van der Waals surface area contributed by atoms with Gasteiger partial charge in [-0.2, -0.15) is 5.26 Å². The highest BCUT2D eigenvalue weighted by Crippen LogP contribution is 2.08. The Kier molecular flexibility index (Phi) is 3.31. The van der Waals surface area contributed by atoms with Gasteiger partial charge < -0.3 is 0 Å². The van der Waals surface area contributed by atoms with Gasteiger partial charge in [0.25, 0.3) is 5.56 Å². The standard InChI is InChI=1S/C12H8ClN3O2/c13-10-7-16(12(18)15-11(10)17)6-9-4-2-1-3-8(9)5-14/h1-4,7H,6H2,(H,15,17,18). The number of nitrogens with zero attached hydrogens (tertiary/aromatic N) is 2. The van der Waals surface area contributed by atoms with Crippen LogP contribution < -0.4 is 11.2 Å². The molecule has 5 nitrogen and oxygen atoms in total. The average Bonchev–Trinajstić information content (AvgIpc) is 2.36. The zero-order valence-corrected chi connectivity index (χ0v) is 9.94. The molecule has 0 saturated heterocycles. The van der Waals surface area contributed by atoms with Crippen molar-refractivity contribution in [1.29, 1.82) is 5.26 Å². The summed E-state index contributed by atoms with van der Waals surface area (Å²) in [5.74, 6) is 0. The fraction of sp³-hybridized carbons (Fsp3) is 0.0833. The van der Waals surface area contributed by atoms with Crippen molar-refractivity contribution in [2.24, 2.45) is 0 Å². The minimum atomic E-state index is -0.619. The van der Waals surface area contributed by atoms with Crippen LogP contribution in [0.1, 0.15) is 11.1 Å². The van der Waals surface area contributed by atoms with E-state index in [1.165, 1.54) is 10.8 Å². The van der Waals surface area contributed by atoms with Crippen molar-refractivity contribution >= 4 is 11.6 Å². The highest BCUT2D eigenvalue weighted by molar-refractivity contribution is 6.30. The number of hydrogen-bond donors (Lipinski definition) is 1. The molecule has 0 saturated carbocycles. The van der Waals surface area contributed by atoms with Crippen LogP contribution in [0.4, 0.5) is 0 Å². The molecule has 6 heteroatoms. The zero-order valence-electron chi connectivity index (χ0n) is 9.18. The quantitative estimate of drug-likeness (QED) is 0.879.